The number of anilines is 2. The SMILES string of the molecule is CC(C)c1cnn2c(NCc3ccc(-c4ccccn4)cc3)nc(NC3CCC(NC(=O)OC(Cc4cn(CCOCCOCCOCCOCCOCCOCCOCCOCCOCCOCCNC(=O)CCCCCN5C(=O)C=CC5=O)nn4)c4ccc(O[C@@H]5O[C@H](C(=O)O)[C@@H](O)[C@H](O)[C@H]5O)c([N+](=O)[O-])c4)CC3)nc12. The number of benzene rings is 2. The molecule has 113 heavy (non-hydrogen) atoms. The summed E-state index contributed by atoms with van der Waals surface area (Å²) in [4.78, 5) is 88.2. The molecule has 8 N–H and O–H groups in total. The number of nitrogens with zero attached hydrogens (tertiary/aromatic N) is 10. The Morgan fingerprint density at radius 2 is 1.27 bits per heavy atom. The maximum atomic E-state index is 14.0. The van der Waals surface area contributed by atoms with Gasteiger partial charge in [0.1, 0.15) is 24.4 Å². The lowest BCUT2D eigenvalue weighted by atomic mass is 9.91. The summed E-state index contributed by atoms with van der Waals surface area (Å²) in [5.74, 6) is -1.75. The number of amides is 4. The van der Waals surface area contributed by atoms with E-state index in [1.54, 1.807) is 23.1 Å². The summed E-state index contributed by atoms with van der Waals surface area (Å²) in [7, 11) is 0. The van der Waals surface area contributed by atoms with Crippen LogP contribution < -0.4 is 26.0 Å². The lowest BCUT2D eigenvalue weighted by molar-refractivity contribution is -0.387. The lowest BCUT2D eigenvalue weighted by Crippen LogP contribution is -2.61. The van der Waals surface area contributed by atoms with Crippen molar-refractivity contribution >= 4 is 53.0 Å². The highest BCUT2D eigenvalue weighted by atomic mass is 16.7. The second kappa shape index (κ2) is 48.0. The molecule has 6 heterocycles. The van der Waals surface area contributed by atoms with Crippen molar-refractivity contribution in [2.75, 3.05) is 156 Å². The van der Waals surface area contributed by atoms with Crippen LogP contribution in [-0.4, -0.2) is 288 Å². The molecular formula is C75H104N14O24. The minimum atomic E-state index is -2.04. The summed E-state index contributed by atoms with van der Waals surface area (Å²) in [5, 5.41) is 79.4. The number of nitro groups is 1. The summed E-state index contributed by atoms with van der Waals surface area (Å²) >= 11 is 0. The molecular weight excluding hydrogens is 1480 g/mol. The highest BCUT2D eigenvalue weighted by Gasteiger charge is 2.49. The van der Waals surface area contributed by atoms with Gasteiger partial charge in [0.05, 0.1) is 161 Å². The quantitative estimate of drug-likeness (QED) is 0.0116. The molecule has 0 radical (unpaired) electrons. The number of nitrogens with one attached hydrogen (secondary N) is 4. The number of carboxylic acid groups (broad SMARTS) is 1. The first kappa shape index (κ1) is 87.6. The molecule has 6 atom stereocenters. The van der Waals surface area contributed by atoms with Gasteiger partial charge in [0.15, 0.2) is 17.5 Å². The number of alkyl carbamates (subject to hydrolysis) is 1. The topological polar surface area (TPSA) is 467 Å². The van der Waals surface area contributed by atoms with Crippen molar-refractivity contribution in [2.45, 2.75) is 140 Å². The van der Waals surface area contributed by atoms with Crippen LogP contribution in [0.2, 0.25) is 0 Å². The Morgan fingerprint density at radius 3 is 1.85 bits per heavy atom. The molecule has 2 aliphatic heterocycles. The van der Waals surface area contributed by atoms with E-state index in [-0.39, 0.29) is 67.5 Å². The van der Waals surface area contributed by atoms with Crippen LogP contribution in [0.25, 0.3) is 16.9 Å². The normalized spacial score (nSPS) is 18.6. The number of rotatable bonds is 55. The molecule has 38 nitrogen and oxygen atoms in total. The molecule has 2 aromatic carbocycles. The van der Waals surface area contributed by atoms with Crippen LogP contribution in [0.15, 0.2) is 91.4 Å². The summed E-state index contributed by atoms with van der Waals surface area (Å²) < 4.78 is 75.8. The monoisotopic (exact) mass is 1580 g/mol. The van der Waals surface area contributed by atoms with Gasteiger partial charge >= 0.3 is 17.7 Å². The van der Waals surface area contributed by atoms with E-state index >= 15 is 0 Å². The average Bonchev–Trinajstić information content (AvgIpc) is 1.77. The fourth-order valence-electron chi connectivity index (χ4n) is 12.1. The van der Waals surface area contributed by atoms with Gasteiger partial charge < -0.3 is 103 Å². The van der Waals surface area contributed by atoms with Gasteiger partial charge in [-0.3, -0.25) is 34.4 Å². The van der Waals surface area contributed by atoms with Crippen molar-refractivity contribution in [1.29, 1.82) is 0 Å². The molecule has 0 bridgehead atoms. The van der Waals surface area contributed by atoms with Crippen molar-refractivity contribution in [3.05, 3.63) is 124 Å². The molecule has 1 unspecified atom stereocenters. The maximum Gasteiger partial charge on any atom is 0.407 e. The number of carbonyl (C=O) groups excluding carboxylic acids is 4. The predicted molar refractivity (Wildman–Crippen MR) is 401 cm³/mol. The predicted octanol–water partition coefficient (Wildman–Crippen LogP) is 3.89. The zero-order valence-corrected chi connectivity index (χ0v) is 63.6. The Hall–Kier alpha value is -9.39. The Balaban J connectivity index is 0.608. The van der Waals surface area contributed by atoms with Crippen LogP contribution in [0, 0.1) is 10.1 Å². The number of pyridine rings is 1. The second-order valence-electron chi connectivity index (χ2n) is 26.8. The highest BCUT2D eigenvalue weighted by Crippen LogP contribution is 2.36. The molecule has 1 saturated carbocycles. The number of aliphatic hydroxyl groups excluding tert-OH is 3. The third-order valence-corrected chi connectivity index (χ3v) is 18.2. The Labute approximate surface area is 652 Å². The summed E-state index contributed by atoms with van der Waals surface area (Å²) in [6, 6.07) is 17.2. The number of hydrogen-bond acceptors (Lipinski definition) is 31. The number of unbranched alkanes of at least 4 members (excludes halogenated alkanes) is 2. The number of aliphatic hydroxyl groups is 3. The zero-order chi connectivity index (χ0) is 79.9. The van der Waals surface area contributed by atoms with E-state index < -0.39 is 65.2 Å². The van der Waals surface area contributed by atoms with Gasteiger partial charge in [-0.1, -0.05) is 61.9 Å². The van der Waals surface area contributed by atoms with E-state index in [0.29, 0.717) is 207 Å². The van der Waals surface area contributed by atoms with Gasteiger partial charge in [0.25, 0.3) is 11.8 Å². The Bertz CT molecular complexity index is 3890. The first-order valence-electron chi connectivity index (χ1n) is 38.1. The van der Waals surface area contributed by atoms with Crippen LogP contribution >= 0.6 is 0 Å². The summed E-state index contributed by atoms with van der Waals surface area (Å²) in [5.41, 5.74) is 4.32. The second-order valence-corrected chi connectivity index (χ2v) is 26.8. The third kappa shape index (κ3) is 29.5. The molecule has 2 fully saturated rings. The average molecular weight is 1590 g/mol. The third-order valence-electron chi connectivity index (χ3n) is 18.2. The number of hydrogen-bond donors (Lipinski definition) is 8. The van der Waals surface area contributed by atoms with Crippen LogP contribution in [0.3, 0.4) is 0 Å². The number of carbonyl (C=O) groups is 5. The van der Waals surface area contributed by atoms with Crippen molar-refractivity contribution in [2.24, 2.45) is 0 Å². The number of aliphatic carboxylic acids is 1. The Morgan fingerprint density at radius 1 is 0.681 bits per heavy atom. The summed E-state index contributed by atoms with van der Waals surface area (Å²) in [6.45, 7) is 13.2. The van der Waals surface area contributed by atoms with E-state index in [1.807, 2.05) is 42.5 Å². The van der Waals surface area contributed by atoms with Gasteiger partial charge in [0, 0.05) is 86.3 Å². The smallest absolute Gasteiger partial charge is 0.407 e. The summed E-state index contributed by atoms with van der Waals surface area (Å²) in [6.07, 6.45) is 0.325. The van der Waals surface area contributed by atoms with Gasteiger partial charge in [-0.15, -0.1) is 5.10 Å². The van der Waals surface area contributed by atoms with Gasteiger partial charge in [-0.2, -0.15) is 19.6 Å². The molecule has 1 saturated heterocycles. The molecule has 4 aromatic heterocycles. The van der Waals surface area contributed by atoms with Crippen molar-refractivity contribution < 1.29 is 111 Å². The molecule has 618 valence electrons. The maximum absolute atomic E-state index is 14.0. The molecule has 38 heteroatoms. The Kier molecular flexibility index (Phi) is 37.2. The number of ether oxygens (including phenoxy) is 13. The van der Waals surface area contributed by atoms with Crippen LogP contribution in [0.1, 0.15) is 99.6 Å². The number of imide groups is 1. The molecule has 0 spiro atoms. The lowest BCUT2D eigenvalue weighted by Gasteiger charge is -2.38. The number of fused-ring (bicyclic) bond motifs is 1. The molecule has 6 aromatic rings. The van der Waals surface area contributed by atoms with Gasteiger partial charge in [-0.05, 0) is 73.8 Å². The minimum Gasteiger partial charge on any atom is -0.479 e. The standard InChI is InChI=1S/C75H104N14O24/c1-51(2)58-49-79-88-70(58)82-73(83-74(88)78-48-52-10-12-53(13-11-52)59-8-5-6-22-76-59)80-55-15-17-56(18-16-55)81-75(98)112-62(54-14-19-61(60(46-54)89(99)100)111-72-68(95)66(93)67(94)69(113-72)71(96)97)47-57-50-86(85-84-57)25-27-102-29-31-104-33-35-106-37-39-108-41-43-110-45-44-109-42-40-107-38-36-105-34-32-103-30-28-101-26-23-77-63(90)9-4-3-7-24-87-64(91)20-21-65(87)92/h5-6,8,10-14,19-22,46,49-51,55-56,62,66-69,72,93-95H,3-4,7,9,15-18,23-45,47-48H2,1-2H3,(H,77,90)(H,81,98)(H,96,97)(H2,78,80,82,83)/t55?,56?,62?,66-,67-,68+,69-,72+/m0/s1. The fourth-order valence-corrected chi connectivity index (χ4v) is 12.1. The van der Waals surface area contributed by atoms with E-state index in [0.717, 1.165) is 40.9 Å². The number of nitro benzene ring substituents is 1. The van der Waals surface area contributed by atoms with E-state index in [9.17, 15) is 54.5 Å². The van der Waals surface area contributed by atoms with Gasteiger partial charge in [0.2, 0.25) is 24.1 Å². The van der Waals surface area contributed by atoms with Crippen molar-refractivity contribution in [1.82, 2.24) is 55.1 Å². The fraction of sp³-hybridized carbons (Fsp3) is 0.587. The van der Waals surface area contributed by atoms with Crippen LogP contribution in [-0.2, 0) is 95.5 Å². The van der Waals surface area contributed by atoms with Crippen LogP contribution in [0.4, 0.5) is 22.4 Å². The van der Waals surface area contributed by atoms with E-state index in [2.05, 4.69) is 55.5 Å². The first-order chi connectivity index (χ1) is 55.0. The first-order valence-corrected chi connectivity index (χ1v) is 38.1. The zero-order valence-electron chi connectivity index (χ0n) is 63.6. The number of aromatic nitrogens is 8. The van der Waals surface area contributed by atoms with Crippen molar-refractivity contribution in [3.8, 4) is 17.0 Å². The molecule has 4 amide bonds. The number of carboxylic acids is 1. The minimum absolute atomic E-state index is 0.0590. The van der Waals surface area contributed by atoms with Gasteiger partial charge in [-0.25, -0.2) is 14.3 Å². The van der Waals surface area contributed by atoms with Crippen LogP contribution in [0.5, 0.6) is 5.75 Å². The molecule has 9 rings (SSSR count). The van der Waals surface area contributed by atoms with E-state index in [4.69, 9.17) is 71.5 Å². The highest BCUT2D eigenvalue weighted by molar-refractivity contribution is 6.12. The van der Waals surface area contributed by atoms with Crippen molar-refractivity contribution in [3.63, 3.8) is 0 Å². The van der Waals surface area contributed by atoms with E-state index in [1.165, 1.54) is 27.8 Å². The molecule has 1 aliphatic carbocycles. The molecule has 3 aliphatic rings. The largest absolute Gasteiger partial charge is 0.479 e.